The zero-order valence-electron chi connectivity index (χ0n) is 14.6. The topological polar surface area (TPSA) is 9.23 Å². The Labute approximate surface area is 128 Å². The van der Waals surface area contributed by atoms with Crippen molar-refractivity contribution in [2.75, 3.05) is 0 Å². The molecular formula is C18H36OSi. The van der Waals surface area contributed by atoms with Crippen LogP contribution >= 0.6 is 0 Å². The van der Waals surface area contributed by atoms with Crippen LogP contribution in [0.2, 0.25) is 18.1 Å². The smallest absolute Gasteiger partial charge is 0.250 e. The third-order valence-electron chi connectivity index (χ3n) is 4.94. The van der Waals surface area contributed by atoms with Crippen molar-refractivity contribution in [2.24, 2.45) is 0 Å². The molecule has 2 heteroatoms. The van der Waals surface area contributed by atoms with E-state index in [1.165, 1.54) is 63.5 Å². The highest BCUT2D eigenvalue weighted by Crippen LogP contribution is 2.38. The minimum absolute atomic E-state index is 0.303. The number of allylic oxidation sites excluding steroid dienone is 2. The molecule has 0 aliphatic heterocycles. The maximum atomic E-state index is 6.55. The zero-order valence-corrected chi connectivity index (χ0v) is 15.6. The van der Waals surface area contributed by atoms with Crippen molar-refractivity contribution >= 4 is 8.32 Å². The first-order chi connectivity index (χ1) is 9.33. The molecule has 0 spiro atoms. The van der Waals surface area contributed by atoms with Gasteiger partial charge in [0.05, 0.1) is 5.76 Å². The Kier molecular flexibility index (Phi) is 7.36. The molecular weight excluding hydrogens is 260 g/mol. The van der Waals surface area contributed by atoms with Gasteiger partial charge in [-0.05, 0) is 43.5 Å². The zero-order chi connectivity index (χ0) is 15.1. The second kappa shape index (κ2) is 8.26. The van der Waals surface area contributed by atoms with Gasteiger partial charge in [-0.25, -0.2) is 0 Å². The van der Waals surface area contributed by atoms with Gasteiger partial charge in [0.1, 0.15) is 0 Å². The van der Waals surface area contributed by atoms with E-state index in [-0.39, 0.29) is 0 Å². The van der Waals surface area contributed by atoms with Crippen LogP contribution in [0.3, 0.4) is 0 Å². The highest BCUT2D eigenvalue weighted by molar-refractivity contribution is 6.74. The second-order valence-corrected chi connectivity index (χ2v) is 12.6. The summed E-state index contributed by atoms with van der Waals surface area (Å²) < 4.78 is 6.55. The van der Waals surface area contributed by atoms with Gasteiger partial charge in [0, 0.05) is 6.42 Å². The van der Waals surface area contributed by atoms with Crippen LogP contribution in [0.1, 0.15) is 85.0 Å². The summed E-state index contributed by atoms with van der Waals surface area (Å²) >= 11 is 0. The van der Waals surface area contributed by atoms with Crippen molar-refractivity contribution in [3.8, 4) is 0 Å². The van der Waals surface area contributed by atoms with Crippen LogP contribution in [0.15, 0.2) is 11.8 Å². The average Bonchev–Trinajstić information content (AvgIpc) is 2.31. The first kappa shape index (κ1) is 17.8. The molecule has 20 heavy (non-hydrogen) atoms. The van der Waals surface area contributed by atoms with E-state index in [9.17, 15) is 0 Å². The lowest BCUT2D eigenvalue weighted by Gasteiger charge is -2.37. The number of hydrogen-bond donors (Lipinski definition) is 0. The summed E-state index contributed by atoms with van der Waals surface area (Å²) in [5.74, 6) is 1.30. The van der Waals surface area contributed by atoms with Gasteiger partial charge in [-0.3, -0.25) is 0 Å². The van der Waals surface area contributed by atoms with E-state index >= 15 is 0 Å². The van der Waals surface area contributed by atoms with Crippen LogP contribution in [0, 0.1) is 0 Å². The van der Waals surface area contributed by atoms with Crippen molar-refractivity contribution < 1.29 is 4.43 Å². The van der Waals surface area contributed by atoms with Gasteiger partial charge in [-0.2, -0.15) is 0 Å². The molecule has 0 aromatic rings. The molecule has 1 aliphatic carbocycles. The molecule has 0 aromatic carbocycles. The summed E-state index contributed by atoms with van der Waals surface area (Å²) in [6.45, 7) is 11.7. The van der Waals surface area contributed by atoms with Crippen LogP contribution in [0.5, 0.6) is 0 Å². The van der Waals surface area contributed by atoms with Gasteiger partial charge < -0.3 is 4.43 Å². The summed E-state index contributed by atoms with van der Waals surface area (Å²) in [4.78, 5) is 0. The molecule has 0 heterocycles. The van der Waals surface area contributed by atoms with Crippen LogP contribution in [0.25, 0.3) is 0 Å². The van der Waals surface area contributed by atoms with E-state index in [2.05, 4.69) is 39.9 Å². The predicted molar refractivity (Wildman–Crippen MR) is 92.5 cm³/mol. The Bertz CT molecular complexity index is 299. The van der Waals surface area contributed by atoms with Crippen LogP contribution in [0.4, 0.5) is 0 Å². The van der Waals surface area contributed by atoms with Gasteiger partial charge in [0.15, 0.2) is 0 Å². The summed E-state index contributed by atoms with van der Waals surface area (Å²) in [5.41, 5.74) is 0. The molecule has 0 amide bonds. The van der Waals surface area contributed by atoms with Crippen molar-refractivity contribution in [3.63, 3.8) is 0 Å². The van der Waals surface area contributed by atoms with E-state index in [1.807, 2.05) is 0 Å². The predicted octanol–water partition coefficient (Wildman–Crippen LogP) is 6.81. The minimum Gasteiger partial charge on any atom is -0.547 e. The Morgan fingerprint density at radius 1 is 0.850 bits per heavy atom. The molecule has 0 saturated carbocycles. The molecule has 0 atom stereocenters. The third kappa shape index (κ3) is 6.47. The van der Waals surface area contributed by atoms with Crippen molar-refractivity contribution in [3.05, 3.63) is 11.8 Å². The quantitative estimate of drug-likeness (QED) is 0.509. The lowest BCUT2D eigenvalue weighted by Crippen LogP contribution is -2.40. The van der Waals surface area contributed by atoms with E-state index in [0.29, 0.717) is 5.04 Å². The average molecular weight is 297 g/mol. The molecule has 0 radical (unpaired) electrons. The molecule has 0 unspecified atom stereocenters. The summed E-state index contributed by atoms with van der Waals surface area (Å²) in [5, 5.41) is 0.303. The third-order valence-corrected chi connectivity index (χ3v) is 9.33. The van der Waals surface area contributed by atoms with Crippen LogP contribution in [-0.2, 0) is 4.43 Å². The number of hydrogen-bond acceptors (Lipinski definition) is 1. The van der Waals surface area contributed by atoms with E-state index in [1.54, 1.807) is 0 Å². The molecule has 0 aromatic heterocycles. The highest BCUT2D eigenvalue weighted by atomic mass is 28.4. The van der Waals surface area contributed by atoms with Gasteiger partial charge >= 0.3 is 0 Å². The Hall–Kier alpha value is -0.243. The molecule has 1 rings (SSSR count). The number of rotatable bonds is 2. The molecule has 1 aliphatic rings. The maximum absolute atomic E-state index is 6.55. The van der Waals surface area contributed by atoms with E-state index < -0.39 is 8.32 Å². The Balaban J connectivity index is 2.62. The summed E-state index contributed by atoms with van der Waals surface area (Å²) in [6.07, 6.45) is 15.9. The molecule has 118 valence electrons. The van der Waals surface area contributed by atoms with Gasteiger partial charge in [0.25, 0.3) is 0 Å². The fourth-order valence-electron chi connectivity index (χ4n) is 2.44. The Morgan fingerprint density at radius 2 is 1.35 bits per heavy atom. The van der Waals surface area contributed by atoms with Gasteiger partial charge in [-0.15, -0.1) is 0 Å². The van der Waals surface area contributed by atoms with Crippen molar-refractivity contribution in [1.82, 2.24) is 0 Å². The molecule has 1 nitrogen and oxygen atoms in total. The van der Waals surface area contributed by atoms with Crippen LogP contribution in [-0.4, -0.2) is 8.32 Å². The lowest BCUT2D eigenvalue weighted by atomic mass is 10.0. The lowest BCUT2D eigenvalue weighted by molar-refractivity contribution is 0.357. The first-order valence-corrected chi connectivity index (χ1v) is 11.6. The molecule has 0 saturated heterocycles. The fourth-order valence-corrected chi connectivity index (χ4v) is 3.59. The Morgan fingerprint density at radius 3 is 1.90 bits per heavy atom. The molecule has 0 fully saturated rings. The SMILES string of the molecule is CC(C)(C)[Si](C)(C)OC1=CCCCCCCCCCC1. The van der Waals surface area contributed by atoms with Crippen LogP contribution < -0.4 is 0 Å². The van der Waals surface area contributed by atoms with Gasteiger partial charge in [-0.1, -0.05) is 59.3 Å². The monoisotopic (exact) mass is 296 g/mol. The van der Waals surface area contributed by atoms with E-state index in [4.69, 9.17) is 4.43 Å². The maximum Gasteiger partial charge on any atom is 0.250 e. The second-order valence-electron chi connectivity index (χ2n) is 7.90. The summed E-state index contributed by atoms with van der Waals surface area (Å²) in [7, 11) is -1.65. The van der Waals surface area contributed by atoms with Crippen molar-refractivity contribution in [1.29, 1.82) is 0 Å². The van der Waals surface area contributed by atoms with Crippen molar-refractivity contribution in [2.45, 2.75) is 103 Å². The largest absolute Gasteiger partial charge is 0.547 e. The first-order valence-electron chi connectivity index (χ1n) is 8.71. The van der Waals surface area contributed by atoms with E-state index in [0.717, 1.165) is 6.42 Å². The highest BCUT2D eigenvalue weighted by Gasteiger charge is 2.39. The standard InChI is InChI=1S/C18H36OSi/c1-18(2,3)20(4,5)19-17-15-13-11-9-7-6-8-10-12-14-16-17/h15H,6-14,16H2,1-5H3. The normalized spacial score (nSPS) is 20.6. The molecule has 0 bridgehead atoms. The van der Waals surface area contributed by atoms with Gasteiger partial charge in [0.2, 0.25) is 8.32 Å². The summed E-state index contributed by atoms with van der Waals surface area (Å²) in [6, 6.07) is 0. The molecule has 0 N–H and O–H groups in total. The minimum atomic E-state index is -1.65. The fraction of sp³-hybridized carbons (Fsp3) is 0.889.